The molecular formula is C11H13IOS. The Morgan fingerprint density at radius 1 is 1.29 bits per heavy atom. The Hall–Kier alpha value is -0.0300. The molecule has 0 spiro atoms. The minimum atomic E-state index is 0.0952. The molecule has 3 heteroatoms. The van der Waals surface area contributed by atoms with Gasteiger partial charge in [0.25, 0.3) is 0 Å². The van der Waals surface area contributed by atoms with Crippen molar-refractivity contribution in [2.75, 3.05) is 0 Å². The standard InChI is InChI=1S/C11H13IOS/c1-8(2)10(12)11(13)14-9-6-4-3-5-7-9/h3-8,10H,1-2H3. The quantitative estimate of drug-likeness (QED) is 0.479. The molecule has 76 valence electrons. The van der Waals surface area contributed by atoms with Gasteiger partial charge in [-0.05, 0) is 18.1 Å². The van der Waals surface area contributed by atoms with Gasteiger partial charge in [-0.2, -0.15) is 0 Å². The van der Waals surface area contributed by atoms with Crippen LogP contribution in [0, 0.1) is 5.92 Å². The van der Waals surface area contributed by atoms with Crippen LogP contribution in [0.4, 0.5) is 0 Å². The number of hydrogen-bond acceptors (Lipinski definition) is 2. The fraction of sp³-hybridized carbons (Fsp3) is 0.364. The Labute approximate surface area is 103 Å². The minimum absolute atomic E-state index is 0.0952. The third kappa shape index (κ3) is 3.61. The van der Waals surface area contributed by atoms with E-state index in [0.717, 1.165) is 4.90 Å². The summed E-state index contributed by atoms with van der Waals surface area (Å²) in [6.07, 6.45) is 0. The van der Waals surface area contributed by atoms with E-state index in [9.17, 15) is 4.79 Å². The molecule has 0 N–H and O–H groups in total. The second kappa shape index (κ2) is 5.75. The molecule has 1 aromatic rings. The van der Waals surface area contributed by atoms with Gasteiger partial charge in [0.2, 0.25) is 5.12 Å². The number of benzene rings is 1. The van der Waals surface area contributed by atoms with Crippen molar-refractivity contribution >= 4 is 39.5 Å². The molecule has 0 aliphatic carbocycles. The molecule has 0 heterocycles. The first kappa shape index (κ1) is 12.0. The van der Waals surface area contributed by atoms with E-state index in [-0.39, 0.29) is 9.04 Å². The van der Waals surface area contributed by atoms with E-state index in [4.69, 9.17) is 0 Å². The van der Waals surface area contributed by atoms with E-state index >= 15 is 0 Å². The smallest absolute Gasteiger partial charge is 0.206 e. The molecule has 1 atom stereocenters. The summed E-state index contributed by atoms with van der Waals surface area (Å²) < 4.78 is 0.0952. The van der Waals surface area contributed by atoms with Gasteiger partial charge >= 0.3 is 0 Å². The minimum Gasteiger partial charge on any atom is -0.286 e. The fourth-order valence-corrected chi connectivity index (χ4v) is 2.22. The van der Waals surface area contributed by atoms with Crippen molar-refractivity contribution in [3.8, 4) is 0 Å². The lowest BCUT2D eigenvalue weighted by Gasteiger charge is -2.11. The average molecular weight is 320 g/mol. The SMILES string of the molecule is CC(C)C(I)C(=O)Sc1ccccc1. The van der Waals surface area contributed by atoms with E-state index < -0.39 is 0 Å². The zero-order valence-corrected chi connectivity index (χ0v) is 11.2. The monoisotopic (exact) mass is 320 g/mol. The highest BCUT2D eigenvalue weighted by Crippen LogP contribution is 2.26. The summed E-state index contributed by atoms with van der Waals surface area (Å²) in [5.41, 5.74) is 0. The van der Waals surface area contributed by atoms with E-state index in [1.165, 1.54) is 11.8 Å². The van der Waals surface area contributed by atoms with Gasteiger partial charge < -0.3 is 0 Å². The lowest BCUT2D eigenvalue weighted by Crippen LogP contribution is -2.16. The molecule has 0 fully saturated rings. The van der Waals surface area contributed by atoms with Crippen LogP contribution in [-0.2, 0) is 4.79 Å². The molecule has 0 radical (unpaired) electrons. The van der Waals surface area contributed by atoms with Gasteiger partial charge in [0.15, 0.2) is 0 Å². The fourth-order valence-electron chi connectivity index (χ4n) is 0.933. The van der Waals surface area contributed by atoms with Crippen LogP contribution in [0.2, 0.25) is 0 Å². The summed E-state index contributed by atoms with van der Waals surface area (Å²) >= 11 is 3.55. The highest BCUT2D eigenvalue weighted by atomic mass is 127. The van der Waals surface area contributed by atoms with Crippen molar-refractivity contribution in [2.45, 2.75) is 22.7 Å². The molecule has 0 bridgehead atoms. The van der Waals surface area contributed by atoms with Crippen LogP contribution in [0.3, 0.4) is 0 Å². The normalized spacial score (nSPS) is 12.9. The summed E-state index contributed by atoms with van der Waals surface area (Å²) in [5.74, 6) is 0.402. The zero-order chi connectivity index (χ0) is 10.6. The van der Waals surface area contributed by atoms with Crippen LogP contribution in [0.1, 0.15) is 13.8 Å². The van der Waals surface area contributed by atoms with Crippen molar-refractivity contribution < 1.29 is 4.79 Å². The lowest BCUT2D eigenvalue weighted by molar-refractivity contribution is -0.110. The van der Waals surface area contributed by atoms with Crippen LogP contribution in [0.25, 0.3) is 0 Å². The van der Waals surface area contributed by atoms with Gasteiger partial charge in [-0.1, -0.05) is 66.4 Å². The number of thioether (sulfide) groups is 1. The summed E-state index contributed by atoms with van der Waals surface area (Å²) in [4.78, 5) is 12.7. The molecule has 0 saturated carbocycles. The molecule has 1 aromatic carbocycles. The largest absolute Gasteiger partial charge is 0.286 e. The Morgan fingerprint density at radius 3 is 2.36 bits per heavy atom. The highest BCUT2D eigenvalue weighted by molar-refractivity contribution is 14.1. The Kier molecular flexibility index (Phi) is 4.95. The molecule has 14 heavy (non-hydrogen) atoms. The zero-order valence-electron chi connectivity index (χ0n) is 8.24. The number of carbonyl (C=O) groups is 1. The highest BCUT2D eigenvalue weighted by Gasteiger charge is 2.19. The first-order valence-corrected chi connectivity index (χ1v) is 6.58. The van der Waals surface area contributed by atoms with Crippen molar-refractivity contribution in [1.82, 2.24) is 0 Å². The molecule has 0 saturated heterocycles. The maximum atomic E-state index is 11.7. The van der Waals surface area contributed by atoms with Gasteiger partial charge in [-0.15, -0.1) is 0 Å². The van der Waals surface area contributed by atoms with Crippen LogP contribution >= 0.6 is 34.4 Å². The van der Waals surface area contributed by atoms with Gasteiger partial charge in [-0.25, -0.2) is 0 Å². The van der Waals surface area contributed by atoms with Crippen molar-refractivity contribution in [3.05, 3.63) is 30.3 Å². The summed E-state index contributed by atoms with van der Waals surface area (Å²) in [6.45, 7) is 4.14. The first-order valence-electron chi connectivity index (χ1n) is 4.52. The van der Waals surface area contributed by atoms with E-state index in [1.54, 1.807) is 0 Å². The van der Waals surface area contributed by atoms with Crippen LogP contribution in [0.5, 0.6) is 0 Å². The van der Waals surface area contributed by atoms with Crippen LogP contribution in [0.15, 0.2) is 35.2 Å². The average Bonchev–Trinajstić information content (AvgIpc) is 2.18. The Balaban J connectivity index is 2.58. The van der Waals surface area contributed by atoms with E-state index in [1.807, 2.05) is 30.3 Å². The van der Waals surface area contributed by atoms with Crippen molar-refractivity contribution in [1.29, 1.82) is 0 Å². The molecule has 0 aromatic heterocycles. The van der Waals surface area contributed by atoms with Gasteiger partial charge in [0.1, 0.15) is 0 Å². The number of hydrogen-bond donors (Lipinski definition) is 0. The van der Waals surface area contributed by atoms with Gasteiger partial charge in [-0.3, -0.25) is 4.79 Å². The molecule has 0 amide bonds. The number of halogens is 1. The van der Waals surface area contributed by atoms with Crippen molar-refractivity contribution in [3.63, 3.8) is 0 Å². The first-order chi connectivity index (χ1) is 6.61. The second-order valence-electron chi connectivity index (χ2n) is 3.38. The second-order valence-corrected chi connectivity index (χ2v) is 5.80. The van der Waals surface area contributed by atoms with Crippen LogP contribution < -0.4 is 0 Å². The Bertz CT molecular complexity index is 297. The Morgan fingerprint density at radius 2 is 1.86 bits per heavy atom. The maximum absolute atomic E-state index is 11.7. The predicted molar refractivity (Wildman–Crippen MR) is 70.0 cm³/mol. The van der Waals surface area contributed by atoms with Gasteiger partial charge in [0, 0.05) is 4.90 Å². The summed E-state index contributed by atoms with van der Waals surface area (Å²) in [5, 5.41) is 0.242. The summed E-state index contributed by atoms with van der Waals surface area (Å²) in [7, 11) is 0. The van der Waals surface area contributed by atoms with Crippen molar-refractivity contribution in [2.24, 2.45) is 5.92 Å². The maximum Gasteiger partial charge on any atom is 0.206 e. The molecule has 0 aliphatic rings. The topological polar surface area (TPSA) is 17.1 Å². The molecule has 1 unspecified atom stereocenters. The lowest BCUT2D eigenvalue weighted by atomic mass is 10.2. The number of rotatable bonds is 3. The van der Waals surface area contributed by atoms with E-state index in [2.05, 4.69) is 36.4 Å². The predicted octanol–water partition coefficient (Wildman–Crippen LogP) is 3.76. The summed E-state index contributed by atoms with van der Waals surface area (Å²) in [6, 6.07) is 9.79. The van der Waals surface area contributed by atoms with Crippen LogP contribution in [-0.4, -0.2) is 9.04 Å². The number of carbonyl (C=O) groups excluding carboxylic acids is 1. The van der Waals surface area contributed by atoms with E-state index in [0.29, 0.717) is 5.92 Å². The third-order valence-electron chi connectivity index (χ3n) is 1.77. The molecule has 1 rings (SSSR count). The third-order valence-corrected chi connectivity index (χ3v) is 5.16. The number of alkyl halides is 1. The molecule has 1 nitrogen and oxygen atoms in total. The molecular weight excluding hydrogens is 307 g/mol. The molecule has 0 aliphatic heterocycles. The van der Waals surface area contributed by atoms with Gasteiger partial charge in [0.05, 0.1) is 3.92 Å².